The molecule has 5 heteroatoms. The monoisotopic (exact) mass is 336 g/mol. The van der Waals surface area contributed by atoms with Gasteiger partial charge in [0.1, 0.15) is 0 Å². The van der Waals surface area contributed by atoms with Gasteiger partial charge in [0.2, 0.25) is 0 Å². The molecule has 2 rings (SSSR count). The van der Waals surface area contributed by atoms with E-state index < -0.39 is 0 Å². The lowest BCUT2D eigenvalue weighted by atomic mass is 9.86. The van der Waals surface area contributed by atoms with Crippen LogP contribution in [-0.2, 0) is 6.42 Å². The maximum Gasteiger partial charge on any atom is 0.166 e. The Morgan fingerprint density at radius 3 is 2.61 bits per heavy atom. The highest BCUT2D eigenvalue weighted by Crippen LogP contribution is 2.27. The van der Waals surface area contributed by atoms with Crippen molar-refractivity contribution >= 4 is 17.3 Å². The number of hydrogen-bond acceptors (Lipinski definition) is 3. The molecule has 1 aliphatic carbocycles. The zero-order valence-corrected chi connectivity index (χ0v) is 15.2. The summed E-state index contributed by atoms with van der Waals surface area (Å²) in [5.74, 6) is 2.23. The maximum atomic E-state index is 5.42. The second kappa shape index (κ2) is 8.96. The Balaban J connectivity index is 1.77. The van der Waals surface area contributed by atoms with Crippen LogP contribution in [-0.4, -0.2) is 31.9 Å². The van der Waals surface area contributed by atoms with E-state index in [1.807, 2.05) is 12.1 Å². The standard InChI is InChI=1S/C18H28N2O2S/c1-13-6-4-5-7-15(13)20-18(23)19-11-10-14-8-9-16(21-2)17(12-14)22-3/h8-9,12-13,15H,4-7,10-11H2,1-3H3,(H2,19,20,23)/t13-,15-/m1/s1. The predicted molar refractivity (Wildman–Crippen MR) is 98.4 cm³/mol. The van der Waals surface area contributed by atoms with E-state index in [1.54, 1.807) is 14.2 Å². The Kier molecular flexibility index (Phi) is 6.96. The van der Waals surface area contributed by atoms with E-state index in [9.17, 15) is 0 Å². The Bertz CT molecular complexity index is 522. The van der Waals surface area contributed by atoms with Crippen LogP contribution in [0.15, 0.2) is 18.2 Å². The first-order chi connectivity index (χ1) is 11.1. The SMILES string of the molecule is COc1ccc(CCNC(=S)N[C@@H]2CCCC[C@H]2C)cc1OC. The van der Waals surface area contributed by atoms with Gasteiger partial charge in [-0.1, -0.05) is 25.8 Å². The van der Waals surface area contributed by atoms with Gasteiger partial charge in [-0.15, -0.1) is 0 Å². The number of rotatable bonds is 6. The molecule has 0 bridgehead atoms. The van der Waals surface area contributed by atoms with Crippen LogP contribution < -0.4 is 20.1 Å². The Morgan fingerprint density at radius 1 is 1.17 bits per heavy atom. The molecular formula is C18H28N2O2S. The largest absolute Gasteiger partial charge is 0.493 e. The van der Waals surface area contributed by atoms with Gasteiger partial charge in [0.15, 0.2) is 16.6 Å². The van der Waals surface area contributed by atoms with Crippen molar-refractivity contribution in [3.8, 4) is 11.5 Å². The molecule has 1 fully saturated rings. The van der Waals surface area contributed by atoms with E-state index in [0.717, 1.165) is 29.6 Å². The Labute approximate surface area is 144 Å². The predicted octanol–water partition coefficient (Wildman–Crippen LogP) is 3.29. The van der Waals surface area contributed by atoms with E-state index >= 15 is 0 Å². The van der Waals surface area contributed by atoms with Crippen LogP contribution >= 0.6 is 12.2 Å². The lowest BCUT2D eigenvalue weighted by molar-refractivity contribution is 0.308. The van der Waals surface area contributed by atoms with Gasteiger partial charge in [0.25, 0.3) is 0 Å². The zero-order chi connectivity index (χ0) is 16.7. The molecular weight excluding hydrogens is 308 g/mol. The summed E-state index contributed by atoms with van der Waals surface area (Å²) in [4.78, 5) is 0. The van der Waals surface area contributed by atoms with Gasteiger partial charge >= 0.3 is 0 Å². The van der Waals surface area contributed by atoms with Crippen LogP contribution in [0, 0.1) is 5.92 Å². The highest BCUT2D eigenvalue weighted by atomic mass is 32.1. The number of hydrogen-bond donors (Lipinski definition) is 2. The maximum absolute atomic E-state index is 5.42. The summed E-state index contributed by atoms with van der Waals surface area (Å²) in [6.07, 6.45) is 6.06. The topological polar surface area (TPSA) is 42.5 Å². The molecule has 2 atom stereocenters. The fourth-order valence-electron chi connectivity index (χ4n) is 3.11. The summed E-state index contributed by atoms with van der Waals surface area (Å²) >= 11 is 5.42. The van der Waals surface area contributed by atoms with E-state index in [0.29, 0.717) is 12.0 Å². The van der Waals surface area contributed by atoms with Gasteiger partial charge in [-0.05, 0) is 55.1 Å². The molecule has 0 spiro atoms. The van der Waals surface area contributed by atoms with Crippen molar-refractivity contribution in [2.75, 3.05) is 20.8 Å². The summed E-state index contributed by atoms with van der Waals surface area (Å²) in [5.41, 5.74) is 1.20. The molecule has 0 radical (unpaired) electrons. The highest BCUT2D eigenvalue weighted by molar-refractivity contribution is 7.80. The fourth-order valence-corrected chi connectivity index (χ4v) is 3.36. The summed E-state index contributed by atoms with van der Waals surface area (Å²) in [7, 11) is 3.31. The third-order valence-electron chi connectivity index (χ3n) is 4.58. The average Bonchev–Trinajstić information content (AvgIpc) is 2.56. The Hall–Kier alpha value is -1.49. The molecule has 0 amide bonds. The van der Waals surface area contributed by atoms with Crippen LogP contribution in [0.4, 0.5) is 0 Å². The fraction of sp³-hybridized carbons (Fsp3) is 0.611. The molecule has 128 valence electrons. The van der Waals surface area contributed by atoms with Gasteiger partial charge in [-0.2, -0.15) is 0 Å². The first-order valence-corrected chi connectivity index (χ1v) is 8.80. The third-order valence-corrected chi connectivity index (χ3v) is 4.84. The van der Waals surface area contributed by atoms with Gasteiger partial charge in [-0.25, -0.2) is 0 Å². The lowest BCUT2D eigenvalue weighted by Gasteiger charge is -2.30. The first kappa shape index (κ1) is 17.9. The summed E-state index contributed by atoms with van der Waals surface area (Å²) in [6, 6.07) is 6.53. The van der Waals surface area contributed by atoms with Gasteiger partial charge in [-0.3, -0.25) is 0 Å². The molecule has 1 aliphatic rings. The number of thiocarbonyl (C=S) groups is 1. The van der Waals surface area contributed by atoms with E-state index in [-0.39, 0.29) is 0 Å². The van der Waals surface area contributed by atoms with E-state index in [2.05, 4.69) is 23.6 Å². The molecule has 23 heavy (non-hydrogen) atoms. The summed E-state index contributed by atoms with van der Waals surface area (Å²) in [5, 5.41) is 7.55. The molecule has 4 nitrogen and oxygen atoms in total. The molecule has 1 aromatic rings. The number of nitrogens with one attached hydrogen (secondary N) is 2. The highest BCUT2D eigenvalue weighted by Gasteiger charge is 2.21. The quantitative estimate of drug-likeness (QED) is 0.780. The van der Waals surface area contributed by atoms with Crippen molar-refractivity contribution in [1.29, 1.82) is 0 Å². The number of benzene rings is 1. The molecule has 2 N–H and O–H groups in total. The lowest BCUT2D eigenvalue weighted by Crippen LogP contribution is -2.46. The normalized spacial score (nSPS) is 20.7. The molecule has 0 saturated heterocycles. The number of ether oxygens (including phenoxy) is 2. The molecule has 0 aromatic heterocycles. The van der Waals surface area contributed by atoms with Crippen molar-refractivity contribution in [2.45, 2.75) is 45.1 Å². The van der Waals surface area contributed by atoms with Gasteiger partial charge in [0.05, 0.1) is 14.2 Å². The van der Waals surface area contributed by atoms with E-state index in [4.69, 9.17) is 21.7 Å². The van der Waals surface area contributed by atoms with Gasteiger partial charge in [0, 0.05) is 12.6 Å². The first-order valence-electron chi connectivity index (χ1n) is 8.39. The summed E-state index contributed by atoms with van der Waals surface area (Å²) < 4.78 is 10.6. The van der Waals surface area contributed by atoms with Crippen molar-refractivity contribution in [1.82, 2.24) is 10.6 Å². The Morgan fingerprint density at radius 2 is 1.91 bits per heavy atom. The third kappa shape index (κ3) is 5.27. The van der Waals surface area contributed by atoms with E-state index in [1.165, 1.54) is 31.2 Å². The zero-order valence-electron chi connectivity index (χ0n) is 14.4. The molecule has 0 unspecified atom stereocenters. The minimum absolute atomic E-state index is 0.518. The van der Waals surface area contributed by atoms with Crippen molar-refractivity contribution in [3.63, 3.8) is 0 Å². The minimum atomic E-state index is 0.518. The van der Waals surface area contributed by atoms with Crippen molar-refractivity contribution in [3.05, 3.63) is 23.8 Å². The van der Waals surface area contributed by atoms with Gasteiger partial charge < -0.3 is 20.1 Å². The molecule has 0 aliphatic heterocycles. The van der Waals surface area contributed by atoms with Crippen LogP contribution in [0.5, 0.6) is 11.5 Å². The molecule has 0 heterocycles. The minimum Gasteiger partial charge on any atom is -0.493 e. The second-order valence-electron chi connectivity index (χ2n) is 6.21. The van der Waals surface area contributed by atoms with Crippen molar-refractivity contribution in [2.24, 2.45) is 5.92 Å². The van der Waals surface area contributed by atoms with Crippen LogP contribution in [0.3, 0.4) is 0 Å². The van der Waals surface area contributed by atoms with Crippen molar-refractivity contribution < 1.29 is 9.47 Å². The molecule has 1 saturated carbocycles. The number of methoxy groups -OCH3 is 2. The van der Waals surface area contributed by atoms with Crippen LogP contribution in [0.1, 0.15) is 38.2 Å². The average molecular weight is 337 g/mol. The van der Waals surface area contributed by atoms with Crippen LogP contribution in [0.2, 0.25) is 0 Å². The smallest absolute Gasteiger partial charge is 0.166 e. The summed E-state index contributed by atoms with van der Waals surface area (Å²) in [6.45, 7) is 3.12. The second-order valence-corrected chi connectivity index (χ2v) is 6.62. The molecule has 1 aromatic carbocycles. The van der Waals surface area contributed by atoms with Crippen LogP contribution in [0.25, 0.3) is 0 Å².